The van der Waals surface area contributed by atoms with Crippen LogP contribution < -0.4 is 0 Å². The number of imide groups is 1. The smallest absolute Gasteiger partial charge is 0.294 e. The van der Waals surface area contributed by atoms with Crippen molar-refractivity contribution in [1.29, 1.82) is 0 Å². The molecule has 2 rings (SSSR count). The van der Waals surface area contributed by atoms with Gasteiger partial charge in [0.05, 0.1) is 6.10 Å². The van der Waals surface area contributed by atoms with E-state index in [-0.39, 0.29) is 30.8 Å². The van der Waals surface area contributed by atoms with E-state index >= 15 is 0 Å². The second kappa shape index (κ2) is 4.45. The lowest BCUT2D eigenvalue weighted by molar-refractivity contribution is -0.132. The second-order valence-electron chi connectivity index (χ2n) is 3.91. The van der Waals surface area contributed by atoms with Gasteiger partial charge in [0.15, 0.2) is 0 Å². The van der Waals surface area contributed by atoms with Gasteiger partial charge in [-0.2, -0.15) is 0 Å². The zero-order valence-corrected chi connectivity index (χ0v) is 9.40. The monoisotopic (exact) mass is 231 g/mol. The fourth-order valence-electron chi connectivity index (χ4n) is 1.98. The minimum absolute atomic E-state index is 0.0300. The summed E-state index contributed by atoms with van der Waals surface area (Å²) in [7, 11) is -2.66. The van der Waals surface area contributed by atoms with Crippen molar-refractivity contribution in [2.75, 3.05) is 0 Å². The first-order valence-electron chi connectivity index (χ1n) is 5.25. The number of amides is 2. The van der Waals surface area contributed by atoms with E-state index in [0.29, 0.717) is 0 Å². The predicted octanol–water partition coefficient (Wildman–Crippen LogP) is 1.48. The van der Waals surface area contributed by atoms with Gasteiger partial charge in [0, 0.05) is 12.8 Å². The Kier molecular flexibility index (Phi) is 3.22. The molecule has 0 spiro atoms. The third kappa shape index (κ3) is 2.29. The van der Waals surface area contributed by atoms with Gasteiger partial charge in [-0.25, -0.2) is 4.67 Å². The summed E-state index contributed by atoms with van der Waals surface area (Å²) in [6.45, 7) is 0. The summed E-state index contributed by atoms with van der Waals surface area (Å²) >= 11 is 0. The van der Waals surface area contributed by atoms with Gasteiger partial charge in [0.1, 0.15) is 0 Å². The number of nitrogens with zero attached hydrogens (tertiary/aromatic N) is 1. The molecule has 0 aromatic rings. The van der Waals surface area contributed by atoms with E-state index in [1.807, 2.05) is 0 Å². The first-order chi connectivity index (χ1) is 7.18. The molecule has 2 fully saturated rings. The normalized spacial score (nSPS) is 25.2. The van der Waals surface area contributed by atoms with Crippen LogP contribution in [0.3, 0.4) is 0 Å². The average molecular weight is 231 g/mol. The van der Waals surface area contributed by atoms with Crippen molar-refractivity contribution in [3.8, 4) is 0 Å². The molecule has 1 saturated carbocycles. The van der Waals surface area contributed by atoms with E-state index in [1.54, 1.807) is 0 Å². The van der Waals surface area contributed by atoms with Gasteiger partial charge < -0.3 is 4.52 Å². The molecule has 0 radical (unpaired) electrons. The molecule has 1 saturated heterocycles. The molecule has 2 aliphatic rings. The molecule has 15 heavy (non-hydrogen) atoms. The first kappa shape index (κ1) is 10.8. The maximum absolute atomic E-state index is 11.7. The highest BCUT2D eigenvalue weighted by molar-refractivity contribution is 7.38. The standard InChI is InChI=1S/C9H14NO4P/c11-8-5-6-9(12)10(8)15(13)14-7-3-1-2-4-7/h7,15H,1-6H2. The van der Waals surface area contributed by atoms with E-state index in [4.69, 9.17) is 4.52 Å². The topological polar surface area (TPSA) is 63.7 Å². The highest BCUT2D eigenvalue weighted by atomic mass is 31.1. The van der Waals surface area contributed by atoms with Crippen LogP contribution in [0, 0.1) is 0 Å². The number of hydrogen-bond donors (Lipinski definition) is 0. The molecule has 5 nitrogen and oxygen atoms in total. The Hall–Kier alpha value is -0.670. The van der Waals surface area contributed by atoms with Crippen LogP contribution in [0.4, 0.5) is 0 Å². The van der Waals surface area contributed by atoms with Gasteiger partial charge in [-0.15, -0.1) is 0 Å². The second-order valence-corrected chi connectivity index (χ2v) is 5.13. The molecular weight excluding hydrogens is 217 g/mol. The zero-order valence-electron chi connectivity index (χ0n) is 8.40. The van der Waals surface area contributed by atoms with Crippen molar-refractivity contribution in [2.24, 2.45) is 0 Å². The summed E-state index contributed by atoms with van der Waals surface area (Å²) in [4.78, 5) is 22.5. The highest BCUT2D eigenvalue weighted by Crippen LogP contribution is 2.38. The molecular formula is C9H14NO4P. The van der Waals surface area contributed by atoms with Crippen molar-refractivity contribution < 1.29 is 18.7 Å². The van der Waals surface area contributed by atoms with Gasteiger partial charge in [0.2, 0.25) is 11.8 Å². The Morgan fingerprint density at radius 1 is 1.13 bits per heavy atom. The van der Waals surface area contributed by atoms with E-state index in [1.165, 1.54) is 0 Å². The Balaban J connectivity index is 1.94. The van der Waals surface area contributed by atoms with E-state index in [2.05, 4.69) is 0 Å². The van der Waals surface area contributed by atoms with Crippen LogP contribution >= 0.6 is 8.18 Å². The molecule has 0 bridgehead atoms. The molecule has 1 aliphatic heterocycles. The summed E-state index contributed by atoms with van der Waals surface area (Å²) in [5, 5.41) is 0. The third-order valence-electron chi connectivity index (χ3n) is 2.80. The van der Waals surface area contributed by atoms with Crippen LogP contribution in [0.2, 0.25) is 0 Å². The lowest BCUT2D eigenvalue weighted by Crippen LogP contribution is -2.23. The van der Waals surface area contributed by atoms with Gasteiger partial charge >= 0.3 is 0 Å². The van der Waals surface area contributed by atoms with Crippen LogP contribution in [0.5, 0.6) is 0 Å². The maximum Gasteiger partial charge on any atom is 0.294 e. The van der Waals surface area contributed by atoms with Crippen LogP contribution in [0.15, 0.2) is 0 Å². The van der Waals surface area contributed by atoms with Crippen molar-refractivity contribution in [3.63, 3.8) is 0 Å². The van der Waals surface area contributed by atoms with Crippen LogP contribution in [-0.2, 0) is 18.7 Å². The molecule has 1 atom stereocenters. The van der Waals surface area contributed by atoms with Crippen LogP contribution in [-0.4, -0.2) is 22.6 Å². The van der Waals surface area contributed by atoms with Gasteiger partial charge in [-0.3, -0.25) is 14.2 Å². The molecule has 2 amide bonds. The Morgan fingerprint density at radius 2 is 1.67 bits per heavy atom. The Morgan fingerprint density at radius 3 is 2.20 bits per heavy atom. The quantitative estimate of drug-likeness (QED) is 0.545. The molecule has 84 valence electrons. The van der Waals surface area contributed by atoms with Crippen LogP contribution in [0.1, 0.15) is 38.5 Å². The van der Waals surface area contributed by atoms with Gasteiger partial charge in [0.25, 0.3) is 8.18 Å². The minimum atomic E-state index is -2.66. The van der Waals surface area contributed by atoms with E-state index in [0.717, 1.165) is 30.4 Å². The Bertz CT molecular complexity index is 295. The van der Waals surface area contributed by atoms with Crippen molar-refractivity contribution in [2.45, 2.75) is 44.6 Å². The average Bonchev–Trinajstić information content (AvgIpc) is 2.77. The fraction of sp³-hybridized carbons (Fsp3) is 0.778. The highest BCUT2D eigenvalue weighted by Gasteiger charge is 2.34. The molecule has 6 heteroatoms. The number of carbonyl (C=O) groups excluding carboxylic acids is 2. The minimum Gasteiger partial charge on any atom is -0.312 e. The van der Waals surface area contributed by atoms with Crippen molar-refractivity contribution in [3.05, 3.63) is 0 Å². The summed E-state index contributed by atoms with van der Waals surface area (Å²) < 4.78 is 17.8. The lowest BCUT2D eigenvalue weighted by atomic mass is 10.3. The molecule has 1 heterocycles. The van der Waals surface area contributed by atoms with E-state index < -0.39 is 8.18 Å². The molecule has 0 aromatic heterocycles. The van der Waals surface area contributed by atoms with Crippen LogP contribution in [0.25, 0.3) is 0 Å². The Labute approximate surface area is 88.7 Å². The summed E-state index contributed by atoms with van der Waals surface area (Å²) in [5.41, 5.74) is 0. The van der Waals surface area contributed by atoms with Gasteiger partial charge in [-0.05, 0) is 12.8 Å². The van der Waals surface area contributed by atoms with Crippen molar-refractivity contribution >= 4 is 20.0 Å². The summed E-state index contributed by atoms with van der Waals surface area (Å²) in [6, 6.07) is 0. The fourth-order valence-corrected chi connectivity index (χ4v) is 3.24. The molecule has 0 aromatic carbocycles. The summed E-state index contributed by atoms with van der Waals surface area (Å²) in [5.74, 6) is -0.719. The van der Waals surface area contributed by atoms with Gasteiger partial charge in [-0.1, -0.05) is 12.8 Å². The molecule has 1 unspecified atom stereocenters. The third-order valence-corrected chi connectivity index (χ3v) is 4.20. The van der Waals surface area contributed by atoms with Crippen molar-refractivity contribution in [1.82, 2.24) is 4.67 Å². The number of carbonyl (C=O) groups is 2. The SMILES string of the molecule is O=C1CCC(=O)N1[PH](=O)OC1CCCC1. The maximum atomic E-state index is 11.7. The molecule has 0 N–H and O–H groups in total. The number of hydrogen-bond acceptors (Lipinski definition) is 4. The lowest BCUT2D eigenvalue weighted by Gasteiger charge is -2.16. The summed E-state index contributed by atoms with van der Waals surface area (Å²) in [6.07, 6.45) is 4.22. The number of rotatable bonds is 3. The zero-order chi connectivity index (χ0) is 10.8. The predicted molar refractivity (Wildman–Crippen MR) is 53.4 cm³/mol. The molecule has 1 aliphatic carbocycles. The van der Waals surface area contributed by atoms with E-state index in [9.17, 15) is 14.2 Å². The largest absolute Gasteiger partial charge is 0.312 e. The first-order valence-corrected chi connectivity index (χ1v) is 6.51.